The molecule has 1 aromatic heterocycles. The van der Waals surface area contributed by atoms with Gasteiger partial charge in [-0.25, -0.2) is 4.98 Å². The molecule has 0 saturated heterocycles. The number of H-pyrrole nitrogens is 1. The van der Waals surface area contributed by atoms with Crippen molar-refractivity contribution in [2.24, 2.45) is 21.8 Å². The molecule has 0 bridgehead atoms. The van der Waals surface area contributed by atoms with Crippen molar-refractivity contribution >= 4 is 17.5 Å². The number of alkyl halides is 3. The van der Waals surface area contributed by atoms with Crippen LogP contribution in [0.25, 0.3) is 0 Å². The standard InChI is InChI=1S/C21H21F3N6/c1-13-4-2-7-17-18(13)19(26-9-8-16-11-25-12-27-16)30-20(29-17)28-15-6-3-5-14(10-15)21(22,23)24/h2-7,10-13,18H,8-9H2,1H3,(H,25,27)(H2,26,28,29,30). The lowest BCUT2D eigenvalue weighted by atomic mass is 9.85. The van der Waals surface area contributed by atoms with Crippen molar-refractivity contribution in [2.75, 3.05) is 11.9 Å². The maximum Gasteiger partial charge on any atom is 0.416 e. The number of allylic oxidation sites excluding steroid dienone is 3. The van der Waals surface area contributed by atoms with Gasteiger partial charge in [-0.15, -0.1) is 0 Å². The van der Waals surface area contributed by atoms with Gasteiger partial charge in [-0.1, -0.05) is 25.1 Å². The second-order valence-electron chi connectivity index (χ2n) is 7.20. The summed E-state index contributed by atoms with van der Waals surface area (Å²) in [5, 5.41) is 6.15. The van der Waals surface area contributed by atoms with Crippen LogP contribution in [0.2, 0.25) is 0 Å². The highest BCUT2D eigenvalue weighted by molar-refractivity contribution is 6.07. The van der Waals surface area contributed by atoms with Crippen molar-refractivity contribution < 1.29 is 13.2 Å². The molecule has 2 unspecified atom stereocenters. The number of aromatic nitrogens is 2. The summed E-state index contributed by atoms with van der Waals surface area (Å²) in [5.41, 5.74) is 1.47. The Morgan fingerprint density at radius 2 is 2.13 bits per heavy atom. The molecule has 30 heavy (non-hydrogen) atoms. The number of halogens is 3. The molecule has 0 amide bonds. The van der Waals surface area contributed by atoms with Gasteiger partial charge in [0.2, 0.25) is 5.96 Å². The quantitative estimate of drug-likeness (QED) is 0.704. The number of fused-ring (bicyclic) bond motifs is 1. The molecule has 4 rings (SSSR count). The number of aromatic amines is 1. The van der Waals surface area contributed by atoms with E-state index in [1.165, 1.54) is 6.07 Å². The number of hydrogen-bond donors (Lipinski definition) is 3. The van der Waals surface area contributed by atoms with Crippen LogP contribution in [0.3, 0.4) is 0 Å². The molecular formula is C21H21F3N6. The molecule has 0 spiro atoms. The molecule has 1 aromatic carbocycles. The highest BCUT2D eigenvalue weighted by Crippen LogP contribution is 2.32. The minimum atomic E-state index is -4.41. The third-order valence-electron chi connectivity index (χ3n) is 4.98. The SMILES string of the molecule is CC1C=CC=C2NC(Nc3cccc(C(F)(F)F)c3)=NC(=NCCc3cnc[nH]3)C21. The fourth-order valence-corrected chi connectivity index (χ4v) is 3.49. The molecule has 6 nitrogen and oxygen atoms in total. The van der Waals surface area contributed by atoms with Gasteiger partial charge in [0.15, 0.2) is 0 Å². The zero-order chi connectivity index (χ0) is 21.1. The summed E-state index contributed by atoms with van der Waals surface area (Å²) in [6.45, 7) is 2.61. The van der Waals surface area contributed by atoms with E-state index >= 15 is 0 Å². The molecule has 2 atom stereocenters. The number of imidazole rings is 1. The van der Waals surface area contributed by atoms with Crippen LogP contribution in [0.4, 0.5) is 18.9 Å². The van der Waals surface area contributed by atoms with Crippen molar-refractivity contribution in [3.8, 4) is 0 Å². The Hall–Kier alpha value is -3.36. The van der Waals surface area contributed by atoms with Crippen molar-refractivity contribution in [3.05, 3.63) is 72.0 Å². The Balaban J connectivity index is 1.58. The Morgan fingerprint density at radius 3 is 2.90 bits per heavy atom. The summed E-state index contributed by atoms with van der Waals surface area (Å²) in [7, 11) is 0. The van der Waals surface area contributed by atoms with Crippen LogP contribution >= 0.6 is 0 Å². The molecule has 1 aliphatic heterocycles. The smallest absolute Gasteiger partial charge is 0.348 e. The number of nitrogens with zero attached hydrogens (tertiary/aromatic N) is 3. The van der Waals surface area contributed by atoms with E-state index < -0.39 is 11.7 Å². The fourth-order valence-electron chi connectivity index (χ4n) is 3.49. The Morgan fingerprint density at radius 1 is 1.27 bits per heavy atom. The minimum absolute atomic E-state index is 0.0242. The van der Waals surface area contributed by atoms with Gasteiger partial charge in [-0.05, 0) is 30.2 Å². The van der Waals surface area contributed by atoms with Crippen molar-refractivity contribution in [1.29, 1.82) is 0 Å². The van der Waals surface area contributed by atoms with Crippen LogP contribution in [-0.2, 0) is 12.6 Å². The Bertz CT molecular complexity index is 1020. The first-order valence-corrected chi connectivity index (χ1v) is 9.60. The van der Waals surface area contributed by atoms with Gasteiger partial charge in [-0.2, -0.15) is 18.2 Å². The van der Waals surface area contributed by atoms with E-state index in [4.69, 9.17) is 0 Å². The number of benzene rings is 1. The largest absolute Gasteiger partial charge is 0.416 e. The fraction of sp³-hybridized carbons (Fsp3) is 0.286. The van der Waals surface area contributed by atoms with Gasteiger partial charge in [-0.3, -0.25) is 4.99 Å². The van der Waals surface area contributed by atoms with Crippen molar-refractivity contribution in [2.45, 2.75) is 19.5 Å². The molecule has 2 heterocycles. The minimum Gasteiger partial charge on any atom is -0.348 e. The maximum atomic E-state index is 13.0. The zero-order valence-corrected chi connectivity index (χ0v) is 16.2. The predicted octanol–water partition coefficient (Wildman–Crippen LogP) is 4.15. The van der Waals surface area contributed by atoms with Crippen LogP contribution in [0.15, 0.2) is 70.7 Å². The third kappa shape index (κ3) is 4.45. The summed E-state index contributed by atoms with van der Waals surface area (Å²) in [5.74, 6) is 1.16. The predicted molar refractivity (Wildman–Crippen MR) is 110 cm³/mol. The molecule has 9 heteroatoms. The lowest BCUT2D eigenvalue weighted by Crippen LogP contribution is -2.43. The molecular weight excluding hydrogens is 393 g/mol. The summed E-state index contributed by atoms with van der Waals surface area (Å²) in [6.07, 6.45) is 5.65. The van der Waals surface area contributed by atoms with E-state index in [1.807, 2.05) is 12.2 Å². The first-order valence-electron chi connectivity index (χ1n) is 9.60. The zero-order valence-electron chi connectivity index (χ0n) is 16.2. The van der Waals surface area contributed by atoms with E-state index in [2.05, 4.69) is 43.6 Å². The topological polar surface area (TPSA) is 77.5 Å². The van der Waals surface area contributed by atoms with E-state index in [0.717, 1.165) is 23.5 Å². The number of hydrogen-bond acceptors (Lipinski definition) is 4. The number of aliphatic imine (C=N–C) groups is 2. The van der Waals surface area contributed by atoms with E-state index in [-0.39, 0.29) is 11.8 Å². The highest BCUT2D eigenvalue weighted by atomic mass is 19.4. The number of amidine groups is 1. The number of guanidine groups is 1. The second-order valence-corrected chi connectivity index (χ2v) is 7.20. The van der Waals surface area contributed by atoms with Crippen LogP contribution in [0.5, 0.6) is 0 Å². The Kier molecular flexibility index (Phi) is 5.43. The van der Waals surface area contributed by atoms with Crippen LogP contribution in [-0.4, -0.2) is 28.3 Å². The van der Waals surface area contributed by atoms with Crippen LogP contribution < -0.4 is 10.6 Å². The van der Waals surface area contributed by atoms with E-state index in [9.17, 15) is 13.2 Å². The molecule has 0 fully saturated rings. The van der Waals surface area contributed by atoms with Gasteiger partial charge < -0.3 is 15.6 Å². The number of rotatable bonds is 4. The lowest BCUT2D eigenvalue weighted by molar-refractivity contribution is -0.137. The van der Waals surface area contributed by atoms with Gasteiger partial charge in [0, 0.05) is 36.2 Å². The highest BCUT2D eigenvalue weighted by Gasteiger charge is 2.33. The van der Waals surface area contributed by atoms with Crippen molar-refractivity contribution in [3.63, 3.8) is 0 Å². The summed E-state index contributed by atoms with van der Waals surface area (Å²) < 4.78 is 39.0. The van der Waals surface area contributed by atoms with Crippen LogP contribution in [0.1, 0.15) is 18.2 Å². The van der Waals surface area contributed by atoms with Gasteiger partial charge in [0.05, 0.1) is 17.8 Å². The average Bonchev–Trinajstić information content (AvgIpc) is 3.21. The second kappa shape index (κ2) is 8.17. The third-order valence-corrected chi connectivity index (χ3v) is 4.98. The summed E-state index contributed by atoms with van der Waals surface area (Å²) in [6, 6.07) is 5.03. The number of anilines is 1. The van der Waals surface area contributed by atoms with Gasteiger partial charge >= 0.3 is 6.18 Å². The van der Waals surface area contributed by atoms with Gasteiger partial charge in [0.1, 0.15) is 5.84 Å². The summed E-state index contributed by atoms with van der Waals surface area (Å²) >= 11 is 0. The lowest BCUT2D eigenvalue weighted by Gasteiger charge is -2.32. The first kappa shape index (κ1) is 19.9. The maximum absolute atomic E-state index is 13.0. The molecule has 2 aromatic rings. The average molecular weight is 414 g/mol. The monoisotopic (exact) mass is 414 g/mol. The Labute approximate surface area is 171 Å². The van der Waals surface area contributed by atoms with Crippen molar-refractivity contribution in [1.82, 2.24) is 15.3 Å². The molecule has 156 valence electrons. The first-order chi connectivity index (χ1) is 14.4. The molecule has 1 aliphatic carbocycles. The number of nitrogens with one attached hydrogen (secondary N) is 3. The normalized spacial score (nSPS) is 22.2. The van der Waals surface area contributed by atoms with E-state index in [1.54, 1.807) is 18.6 Å². The van der Waals surface area contributed by atoms with Gasteiger partial charge in [0.25, 0.3) is 0 Å². The summed E-state index contributed by atoms with van der Waals surface area (Å²) in [4.78, 5) is 16.3. The molecule has 3 N–H and O–H groups in total. The molecule has 0 radical (unpaired) electrons. The van der Waals surface area contributed by atoms with E-state index in [0.29, 0.717) is 30.4 Å². The molecule has 0 saturated carbocycles. The van der Waals surface area contributed by atoms with Crippen LogP contribution in [0, 0.1) is 11.8 Å². The molecule has 2 aliphatic rings.